The number of hydrogen-bond acceptors (Lipinski definition) is 4. The first-order valence-electron chi connectivity index (χ1n) is 4.63. The van der Waals surface area contributed by atoms with E-state index in [1.54, 1.807) is 6.07 Å². The molecule has 0 aliphatic carbocycles. The number of carbonyl (C=O) groups is 1. The van der Waals surface area contributed by atoms with Gasteiger partial charge in [0.25, 0.3) is 0 Å². The molecule has 0 saturated carbocycles. The molecular formula is C10H14O4. The van der Waals surface area contributed by atoms with Gasteiger partial charge >= 0.3 is 5.97 Å². The second-order valence-corrected chi connectivity index (χ2v) is 2.94. The van der Waals surface area contributed by atoms with E-state index >= 15 is 0 Å². The number of aliphatic hydroxyl groups is 1. The molecule has 0 fully saturated rings. The largest absolute Gasteiger partial charge is 0.466 e. The van der Waals surface area contributed by atoms with Gasteiger partial charge in [-0.25, -0.2) is 4.79 Å². The molecule has 14 heavy (non-hydrogen) atoms. The highest BCUT2D eigenvalue weighted by Gasteiger charge is 2.21. The molecule has 0 spiro atoms. The van der Waals surface area contributed by atoms with Crippen LogP contribution in [0.5, 0.6) is 0 Å². The summed E-state index contributed by atoms with van der Waals surface area (Å²) < 4.78 is 9.69. The van der Waals surface area contributed by atoms with E-state index in [-0.39, 0.29) is 5.76 Å². The van der Waals surface area contributed by atoms with E-state index in [2.05, 4.69) is 0 Å². The second-order valence-electron chi connectivity index (χ2n) is 2.94. The number of carbonyl (C=O) groups excluding carboxylic acids is 1. The number of unbranched alkanes of at least 4 members (excludes halogenated alkanes) is 1. The maximum atomic E-state index is 11.2. The first-order chi connectivity index (χ1) is 6.75. The molecule has 4 nitrogen and oxygen atoms in total. The van der Waals surface area contributed by atoms with Gasteiger partial charge in [0.2, 0.25) is 6.10 Å². The molecule has 0 aliphatic rings. The van der Waals surface area contributed by atoms with Crippen molar-refractivity contribution in [1.82, 2.24) is 0 Å². The number of esters is 1. The van der Waals surface area contributed by atoms with Crippen molar-refractivity contribution in [1.29, 1.82) is 0 Å². The lowest BCUT2D eigenvalue weighted by molar-refractivity contribution is -0.155. The van der Waals surface area contributed by atoms with Crippen LogP contribution >= 0.6 is 0 Å². The minimum atomic E-state index is -1.30. The predicted octanol–water partition coefficient (Wildman–Crippen LogP) is 1.66. The Balaban J connectivity index is 2.37. The van der Waals surface area contributed by atoms with Crippen LogP contribution in [0.3, 0.4) is 0 Å². The molecule has 1 N–H and O–H groups in total. The van der Waals surface area contributed by atoms with E-state index in [0.29, 0.717) is 6.61 Å². The SMILES string of the molecule is CCCCOC(=O)C(O)c1ccco1. The van der Waals surface area contributed by atoms with Gasteiger partial charge in [-0.2, -0.15) is 0 Å². The third-order valence-electron chi connectivity index (χ3n) is 1.78. The summed E-state index contributed by atoms with van der Waals surface area (Å²) in [5.41, 5.74) is 0. The van der Waals surface area contributed by atoms with E-state index in [1.165, 1.54) is 12.3 Å². The molecule has 0 bridgehead atoms. The van der Waals surface area contributed by atoms with E-state index in [9.17, 15) is 9.90 Å². The zero-order valence-electron chi connectivity index (χ0n) is 8.10. The number of rotatable bonds is 5. The minimum absolute atomic E-state index is 0.214. The molecule has 0 aromatic carbocycles. The van der Waals surface area contributed by atoms with Gasteiger partial charge in [-0.15, -0.1) is 0 Å². The Kier molecular flexibility index (Phi) is 4.19. The van der Waals surface area contributed by atoms with E-state index in [0.717, 1.165) is 12.8 Å². The molecule has 0 radical (unpaired) electrons. The average Bonchev–Trinajstić information content (AvgIpc) is 2.69. The fraction of sp³-hybridized carbons (Fsp3) is 0.500. The topological polar surface area (TPSA) is 59.7 Å². The summed E-state index contributed by atoms with van der Waals surface area (Å²) in [5.74, 6) is -0.445. The van der Waals surface area contributed by atoms with Gasteiger partial charge < -0.3 is 14.3 Å². The molecule has 1 unspecified atom stereocenters. The highest BCUT2D eigenvalue weighted by atomic mass is 16.5. The van der Waals surface area contributed by atoms with E-state index in [1.807, 2.05) is 6.92 Å². The summed E-state index contributed by atoms with van der Waals surface area (Å²) in [6.07, 6.45) is 1.85. The fourth-order valence-corrected chi connectivity index (χ4v) is 0.959. The van der Waals surface area contributed by atoms with Gasteiger partial charge in [-0.05, 0) is 18.6 Å². The van der Waals surface area contributed by atoms with Crippen molar-refractivity contribution in [3.8, 4) is 0 Å². The maximum absolute atomic E-state index is 11.2. The summed E-state index contributed by atoms with van der Waals surface area (Å²) in [6.45, 7) is 2.34. The Bertz CT molecular complexity index is 266. The van der Waals surface area contributed by atoms with Crippen LogP contribution in [0.2, 0.25) is 0 Å². The lowest BCUT2D eigenvalue weighted by atomic mass is 10.3. The van der Waals surface area contributed by atoms with E-state index in [4.69, 9.17) is 9.15 Å². The van der Waals surface area contributed by atoms with E-state index < -0.39 is 12.1 Å². The molecule has 1 aromatic rings. The Hall–Kier alpha value is -1.29. The zero-order chi connectivity index (χ0) is 10.4. The second kappa shape index (κ2) is 5.44. The van der Waals surface area contributed by atoms with Crippen LogP contribution in [0.25, 0.3) is 0 Å². The summed E-state index contributed by atoms with van der Waals surface area (Å²) in [5, 5.41) is 9.41. The van der Waals surface area contributed by atoms with Gasteiger partial charge in [0.15, 0.2) is 0 Å². The molecule has 0 aliphatic heterocycles. The van der Waals surface area contributed by atoms with Crippen LogP contribution in [0, 0.1) is 0 Å². The summed E-state index contributed by atoms with van der Waals surface area (Å²) >= 11 is 0. The zero-order valence-corrected chi connectivity index (χ0v) is 8.10. The third-order valence-corrected chi connectivity index (χ3v) is 1.78. The van der Waals surface area contributed by atoms with Gasteiger partial charge in [-0.1, -0.05) is 13.3 Å². The lowest BCUT2D eigenvalue weighted by Crippen LogP contribution is -2.15. The van der Waals surface area contributed by atoms with Crippen molar-refractivity contribution in [2.45, 2.75) is 25.9 Å². The molecule has 1 heterocycles. The monoisotopic (exact) mass is 198 g/mol. The van der Waals surface area contributed by atoms with Crippen LogP contribution in [-0.4, -0.2) is 17.7 Å². The first-order valence-corrected chi connectivity index (χ1v) is 4.63. The van der Waals surface area contributed by atoms with Crippen LogP contribution in [0.1, 0.15) is 31.6 Å². The lowest BCUT2D eigenvalue weighted by Gasteiger charge is -2.07. The smallest absolute Gasteiger partial charge is 0.342 e. The summed E-state index contributed by atoms with van der Waals surface area (Å²) in [4.78, 5) is 11.2. The normalized spacial score (nSPS) is 12.4. The maximum Gasteiger partial charge on any atom is 0.342 e. The molecule has 78 valence electrons. The van der Waals surface area contributed by atoms with Crippen LogP contribution < -0.4 is 0 Å². The first kappa shape index (κ1) is 10.8. The van der Waals surface area contributed by atoms with Crippen molar-refractivity contribution in [3.05, 3.63) is 24.2 Å². The fourth-order valence-electron chi connectivity index (χ4n) is 0.959. The molecular weight excluding hydrogens is 184 g/mol. The van der Waals surface area contributed by atoms with Crippen LogP contribution in [0.4, 0.5) is 0 Å². The van der Waals surface area contributed by atoms with Crippen molar-refractivity contribution in [2.75, 3.05) is 6.61 Å². The molecule has 4 heteroatoms. The number of furan rings is 1. The molecule has 0 saturated heterocycles. The summed E-state index contributed by atoms with van der Waals surface area (Å²) in [7, 11) is 0. The minimum Gasteiger partial charge on any atom is -0.466 e. The number of aliphatic hydroxyl groups excluding tert-OH is 1. The Morgan fingerprint density at radius 1 is 1.71 bits per heavy atom. The van der Waals surface area contributed by atoms with Gasteiger partial charge in [0, 0.05) is 0 Å². The van der Waals surface area contributed by atoms with Gasteiger partial charge in [0.1, 0.15) is 5.76 Å². The van der Waals surface area contributed by atoms with Crippen LogP contribution in [0.15, 0.2) is 22.8 Å². The van der Waals surface area contributed by atoms with Crippen molar-refractivity contribution < 1.29 is 19.1 Å². The van der Waals surface area contributed by atoms with Gasteiger partial charge in [0.05, 0.1) is 12.9 Å². The standard InChI is InChI=1S/C10H14O4/c1-2-3-6-14-10(12)9(11)8-5-4-7-13-8/h4-5,7,9,11H,2-3,6H2,1H3. The molecule has 1 aromatic heterocycles. The third kappa shape index (κ3) is 2.88. The number of hydrogen-bond donors (Lipinski definition) is 1. The quantitative estimate of drug-likeness (QED) is 0.577. The summed E-state index contributed by atoms with van der Waals surface area (Å²) in [6, 6.07) is 3.14. The molecule has 1 atom stereocenters. The number of ether oxygens (including phenoxy) is 1. The van der Waals surface area contributed by atoms with Crippen molar-refractivity contribution in [3.63, 3.8) is 0 Å². The molecule has 0 amide bonds. The van der Waals surface area contributed by atoms with Crippen molar-refractivity contribution in [2.24, 2.45) is 0 Å². The Morgan fingerprint density at radius 2 is 2.50 bits per heavy atom. The Labute approximate surface area is 82.5 Å². The highest BCUT2D eigenvalue weighted by molar-refractivity contribution is 5.75. The molecule has 1 rings (SSSR count). The Morgan fingerprint density at radius 3 is 3.07 bits per heavy atom. The predicted molar refractivity (Wildman–Crippen MR) is 49.5 cm³/mol. The van der Waals surface area contributed by atoms with Crippen molar-refractivity contribution >= 4 is 5.97 Å². The average molecular weight is 198 g/mol. The van der Waals surface area contributed by atoms with Crippen LogP contribution in [-0.2, 0) is 9.53 Å². The van der Waals surface area contributed by atoms with Gasteiger partial charge in [-0.3, -0.25) is 0 Å². The highest BCUT2D eigenvalue weighted by Crippen LogP contribution is 2.14.